The summed E-state index contributed by atoms with van der Waals surface area (Å²) in [6, 6.07) is 15.0. The van der Waals surface area contributed by atoms with Crippen LogP contribution in [0, 0.1) is 0 Å². The number of ether oxygens (including phenoxy) is 2. The molecule has 3 aromatic rings. The molecular formula is C20H21N5O3. The number of nitrogens with one attached hydrogen (secondary N) is 2. The maximum atomic E-state index is 12.5. The summed E-state index contributed by atoms with van der Waals surface area (Å²) < 4.78 is 12.4. The van der Waals surface area contributed by atoms with Gasteiger partial charge in [-0.15, -0.1) is 5.10 Å². The van der Waals surface area contributed by atoms with Gasteiger partial charge in [0, 0.05) is 18.8 Å². The minimum Gasteiger partial charge on any atom is -0.497 e. The second-order valence-corrected chi connectivity index (χ2v) is 6.39. The number of carbonyl (C=O) groups is 1. The molecule has 2 N–H and O–H groups in total. The molecule has 2 aromatic carbocycles. The standard InChI is InChI=1S/C20H21N5O3/c1-27-17-8-6-16(7-9-17)25-13-18(23-24-25)20(26)22-15-4-2-14(3-5-15)19-12-21-10-11-28-19/h2-9,13,19,21H,10-12H2,1H3,(H,22,26). The van der Waals surface area contributed by atoms with Gasteiger partial charge >= 0.3 is 0 Å². The number of anilines is 1. The summed E-state index contributed by atoms with van der Waals surface area (Å²) in [6.07, 6.45) is 1.63. The lowest BCUT2D eigenvalue weighted by Gasteiger charge is -2.24. The Labute approximate surface area is 162 Å². The topological polar surface area (TPSA) is 90.3 Å². The molecule has 1 atom stereocenters. The third-order valence-corrected chi connectivity index (χ3v) is 4.53. The lowest BCUT2D eigenvalue weighted by atomic mass is 10.1. The minimum absolute atomic E-state index is 0.0443. The van der Waals surface area contributed by atoms with Gasteiger partial charge in [-0.1, -0.05) is 17.3 Å². The van der Waals surface area contributed by atoms with Crippen molar-refractivity contribution in [3.8, 4) is 11.4 Å². The predicted octanol–water partition coefficient (Wildman–Crippen LogP) is 2.19. The number of hydrogen-bond donors (Lipinski definition) is 2. The van der Waals surface area contributed by atoms with Crippen molar-refractivity contribution in [2.24, 2.45) is 0 Å². The van der Waals surface area contributed by atoms with E-state index >= 15 is 0 Å². The number of benzene rings is 2. The number of methoxy groups -OCH3 is 1. The van der Waals surface area contributed by atoms with E-state index in [4.69, 9.17) is 9.47 Å². The molecule has 28 heavy (non-hydrogen) atoms. The summed E-state index contributed by atoms with van der Waals surface area (Å²) in [6.45, 7) is 2.37. The fraction of sp³-hybridized carbons (Fsp3) is 0.250. The Morgan fingerprint density at radius 1 is 1.21 bits per heavy atom. The number of nitrogens with zero attached hydrogens (tertiary/aromatic N) is 3. The summed E-state index contributed by atoms with van der Waals surface area (Å²) >= 11 is 0. The molecule has 144 valence electrons. The molecule has 1 fully saturated rings. The van der Waals surface area contributed by atoms with Gasteiger partial charge in [0.1, 0.15) is 5.75 Å². The molecule has 1 aromatic heterocycles. The van der Waals surface area contributed by atoms with Crippen LogP contribution < -0.4 is 15.4 Å². The fourth-order valence-corrected chi connectivity index (χ4v) is 2.98. The third-order valence-electron chi connectivity index (χ3n) is 4.53. The molecule has 1 amide bonds. The van der Waals surface area contributed by atoms with Gasteiger partial charge in [-0.3, -0.25) is 4.79 Å². The zero-order valence-electron chi connectivity index (χ0n) is 15.5. The average Bonchev–Trinajstić information content (AvgIpc) is 3.25. The Balaban J connectivity index is 1.41. The number of aromatic nitrogens is 3. The second kappa shape index (κ2) is 8.20. The highest BCUT2D eigenvalue weighted by Gasteiger charge is 2.16. The van der Waals surface area contributed by atoms with Crippen molar-refractivity contribution in [2.75, 3.05) is 32.1 Å². The Kier molecular flexibility index (Phi) is 5.31. The van der Waals surface area contributed by atoms with E-state index < -0.39 is 0 Å². The van der Waals surface area contributed by atoms with Crippen molar-refractivity contribution >= 4 is 11.6 Å². The second-order valence-electron chi connectivity index (χ2n) is 6.39. The SMILES string of the molecule is COc1ccc(-n2cc(C(=O)Nc3ccc(C4CNCCO4)cc3)nn2)cc1. The van der Waals surface area contributed by atoms with Crippen molar-refractivity contribution in [1.29, 1.82) is 0 Å². The summed E-state index contributed by atoms with van der Waals surface area (Å²) in [7, 11) is 1.61. The molecule has 8 heteroatoms. The van der Waals surface area contributed by atoms with Crippen LogP contribution in [0.5, 0.6) is 5.75 Å². The van der Waals surface area contributed by atoms with Crippen LogP contribution in [0.2, 0.25) is 0 Å². The van der Waals surface area contributed by atoms with Gasteiger partial charge < -0.3 is 20.1 Å². The number of morpholine rings is 1. The smallest absolute Gasteiger partial charge is 0.277 e. The maximum Gasteiger partial charge on any atom is 0.277 e. The molecule has 0 bridgehead atoms. The Morgan fingerprint density at radius 3 is 2.68 bits per heavy atom. The van der Waals surface area contributed by atoms with Crippen LogP contribution in [0.1, 0.15) is 22.2 Å². The lowest BCUT2D eigenvalue weighted by molar-refractivity contribution is 0.0277. The van der Waals surface area contributed by atoms with Crippen LogP contribution in [0.15, 0.2) is 54.7 Å². The average molecular weight is 379 g/mol. The fourth-order valence-electron chi connectivity index (χ4n) is 2.98. The Bertz CT molecular complexity index is 931. The largest absolute Gasteiger partial charge is 0.497 e. The summed E-state index contributed by atoms with van der Waals surface area (Å²) in [5.74, 6) is 0.433. The van der Waals surface area contributed by atoms with Gasteiger partial charge in [-0.2, -0.15) is 0 Å². The zero-order chi connectivity index (χ0) is 19.3. The van der Waals surface area contributed by atoms with Crippen molar-refractivity contribution < 1.29 is 14.3 Å². The summed E-state index contributed by atoms with van der Waals surface area (Å²) in [4.78, 5) is 12.5. The van der Waals surface area contributed by atoms with E-state index in [1.54, 1.807) is 18.0 Å². The predicted molar refractivity (Wildman–Crippen MR) is 104 cm³/mol. The molecule has 2 heterocycles. The van der Waals surface area contributed by atoms with Crippen molar-refractivity contribution in [1.82, 2.24) is 20.3 Å². The van der Waals surface area contributed by atoms with Crippen LogP contribution in [-0.4, -0.2) is 47.7 Å². The summed E-state index contributed by atoms with van der Waals surface area (Å²) in [5, 5.41) is 14.1. The van der Waals surface area contributed by atoms with Crippen molar-refractivity contribution in [3.63, 3.8) is 0 Å². The highest BCUT2D eigenvalue weighted by Crippen LogP contribution is 2.21. The van der Waals surface area contributed by atoms with Crippen LogP contribution in [0.25, 0.3) is 5.69 Å². The maximum absolute atomic E-state index is 12.5. The van der Waals surface area contributed by atoms with Gasteiger partial charge in [0.15, 0.2) is 5.69 Å². The molecule has 0 radical (unpaired) electrons. The van der Waals surface area contributed by atoms with Crippen LogP contribution in [0.4, 0.5) is 5.69 Å². The molecule has 4 rings (SSSR count). The van der Waals surface area contributed by atoms with E-state index in [1.807, 2.05) is 48.5 Å². The van der Waals surface area contributed by atoms with E-state index in [1.165, 1.54) is 0 Å². The van der Waals surface area contributed by atoms with Gasteiger partial charge in [-0.25, -0.2) is 4.68 Å². The van der Waals surface area contributed by atoms with E-state index in [9.17, 15) is 4.79 Å². The minimum atomic E-state index is -0.317. The quantitative estimate of drug-likeness (QED) is 0.706. The van der Waals surface area contributed by atoms with Gasteiger partial charge in [0.25, 0.3) is 5.91 Å². The number of amides is 1. The molecule has 8 nitrogen and oxygen atoms in total. The van der Waals surface area contributed by atoms with Crippen LogP contribution >= 0.6 is 0 Å². The van der Waals surface area contributed by atoms with Gasteiger partial charge in [-0.05, 0) is 42.0 Å². The molecule has 0 spiro atoms. The monoisotopic (exact) mass is 379 g/mol. The first kappa shape index (κ1) is 18.1. The number of hydrogen-bond acceptors (Lipinski definition) is 6. The molecule has 1 aliphatic rings. The first-order chi connectivity index (χ1) is 13.7. The lowest BCUT2D eigenvalue weighted by Crippen LogP contribution is -2.33. The molecule has 1 aliphatic heterocycles. The van der Waals surface area contributed by atoms with E-state index in [2.05, 4.69) is 20.9 Å². The Morgan fingerprint density at radius 2 is 2.00 bits per heavy atom. The highest BCUT2D eigenvalue weighted by atomic mass is 16.5. The molecule has 0 aliphatic carbocycles. The first-order valence-corrected chi connectivity index (χ1v) is 9.03. The van der Waals surface area contributed by atoms with Crippen molar-refractivity contribution in [2.45, 2.75) is 6.10 Å². The van der Waals surface area contributed by atoms with Gasteiger partial charge in [0.2, 0.25) is 0 Å². The highest BCUT2D eigenvalue weighted by molar-refractivity contribution is 6.02. The normalized spacial score (nSPS) is 16.5. The van der Waals surface area contributed by atoms with Crippen molar-refractivity contribution in [3.05, 3.63) is 66.0 Å². The van der Waals surface area contributed by atoms with Crippen LogP contribution in [0.3, 0.4) is 0 Å². The summed E-state index contributed by atoms with van der Waals surface area (Å²) in [5.41, 5.74) is 2.80. The van der Waals surface area contributed by atoms with Gasteiger partial charge in [0.05, 0.1) is 31.7 Å². The molecule has 0 saturated carbocycles. The first-order valence-electron chi connectivity index (χ1n) is 9.03. The Hall–Kier alpha value is -3.23. The third kappa shape index (κ3) is 4.03. The zero-order valence-corrected chi connectivity index (χ0v) is 15.5. The van der Waals surface area contributed by atoms with E-state index in [-0.39, 0.29) is 17.7 Å². The van der Waals surface area contributed by atoms with E-state index in [0.717, 1.165) is 30.1 Å². The number of rotatable bonds is 5. The molecular weight excluding hydrogens is 358 g/mol. The van der Waals surface area contributed by atoms with E-state index in [0.29, 0.717) is 12.3 Å². The molecule has 1 saturated heterocycles. The number of carbonyl (C=O) groups excluding carboxylic acids is 1. The van der Waals surface area contributed by atoms with Crippen LogP contribution in [-0.2, 0) is 4.74 Å². The molecule has 1 unspecified atom stereocenters.